The van der Waals surface area contributed by atoms with Crippen LogP contribution in [-0.4, -0.2) is 40.2 Å². The van der Waals surface area contributed by atoms with Crippen LogP contribution in [0.5, 0.6) is 0 Å². The lowest BCUT2D eigenvalue weighted by Crippen LogP contribution is -2.09. The molecule has 1 atom stereocenters. The molecule has 0 aromatic carbocycles. The van der Waals surface area contributed by atoms with Crippen molar-refractivity contribution >= 4 is 17.7 Å². The topological polar surface area (TPSA) is 85.5 Å². The van der Waals surface area contributed by atoms with E-state index in [0.717, 1.165) is 11.8 Å². The number of methoxy groups -OCH3 is 1. The second-order valence-electron chi connectivity index (χ2n) is 2.91. The van der Waals surface area contributed by atoms with E-state index in [9.17, 15) is 4.79 Å². The van der Waals surface area contributed by atoms with Gasteiger partial charge in [-0.25, -0.2) is 0 Å². The Labute approximate surface area is 91.0 Å². The minimum absolute atomic E-state index is 0.0138. The summed E-state index contributed by atoms with van der Waals surface area (Å²) >= 11 is 1.00. The first kappa shape index (κ1) is 12.0. The number of carbonyl (C=O) groups is 1. The van der Waals surface area contributed by atoms with Crippen molar-refractivity contribution in [3.63, 3.8) is 0 Å². The standard InChI is InChI=1S/C8H12N2O4S/c1-5(13-2)3-6-9-8(14-10-6)15-4-7(11)12/h5H,3-4H2,1-2H3,(H,11,12). The predicted octanol–water partition coefficient (Wildman–Crippen LogP) is 0.824. The van der Waals surface area contributed by atoms with Crippen molar-refractivity contribution in [3.05, 3.63) is 5.82 Å². The average Bonchev–Trinajstić information content (AvgIpc) is 2.62. The van der Waals surface area contributed by atoms with Gasteiger partial charge < -0.3 is 14.4 Å². The van der Waals surface area contributed by atoms with Crippen LogP contribution in [0.15, 0.2) is 9.75 Å². The summed E-state index contributed by atoms with van der Waals surface area (Å²) in [5, 5.41) is 12.4. The minimum atomic E-state index is -0.912. The van der Waals surface area contributed by atoms with Crippen molar-refractivity contribution < 1.29 is 19.2 Å². The van der Waals surface area contributed by atoms with Crippen LogP contribution < -0.4 is 0 Å². The van der Waals surface area contributed by atoms with E-state index in [1.54, 1.807) is 7.11 Å². The zero-order valence-corrected chi connectivity index (χ0v) is 9.28. The number of hydrogen-bond donors (Lipinski definition) is 1. The number of nitrogens with zero attached hydrogens (tertiary/aromatic N) is 2. The van der Waals surface area contributed by atoms with Crippen molar-refractivity contribution in [2.75, 3.05) is 12.9 Å². The molecule has 0 spiro atoms. The molecule has 0 bridgehead atoms. The number of rotatable bonds is 6. The fraction of sp³-hybridized carbons (Fsp3) is 0.625. The lowest BCUT2D eigenvalue weighted by atomic mass is 10.3. The van der Waals surface area contributed by atoms with Crippen molar-refractivity contribution in [2.45, 2.75) is 24.7 Å². The van der Waals surface area contributed by atoms with Crippen LogP contribution in [-0.2, 0) is 16.0 Å². The number of ether oxygens (including phenoxy) is 1. The third kappa shape index (κ3) is 4.30. The Morgan fingerprint density at radius 1 is 1.73 bits per heavy atom. The summed E-state index contributed by atoms with van der Waals surface area (Å²) in [4.78, 5) is 14.3. The molecular weight excluding hydrogens is 220 g/mol. The van der Waals surface area contributed by atoms with Gasteiger partial charge >= 0.3 is 5.97 Å². The predicted molar refractivity (Wildman–Crippen MR) is 52.8 cm³/mol. The maximum absolute atomic E-state index is 10.3. The Kier molecular flexibility index (Phi) is 4.57. The summed E-state index contributed by atoms with van der Waals surface area (Å²) in [6.45, 7) is 1.89. The van der Waals surface area contributed by atoms with Gasteiger partial charge in [0.25, 0.3) is 5.22 Å². The molecule has 0 aliphatic carbocycles. The van der Waals surface area contributed by atoms with E-state index in [4.69, 9.17) is 14.4 Å². The van der Waals surface area contributed by atoms with E-state index in [-0.39, 0.29) is 17.1 Å². The van der Waals surface area contributed by atoms with Crippen molar-refractivity contribution in [1.29, 1.82) is 0 Å². The molecule has 1 heterocycles. The van der Waals surface area contributed by atoms with Gasteiger partial charge in [0.1, 0.15) is 5.75 Å². The molecule has 1 aromatic heterocycles. The van der Waals surface area contributed by atoms with Crippen molar-refractivity contribution in [3.8, 4) is 0 Å². The van der Waals surface area contributed by atoms with Crippen LogP contribution in [0.3, 0.4) is 0 Å². The Morgan fingerprint density at radius 3 is 3.07 bits per heavy atom. The van der Waals surface area contributed by atoms with Crippen LogP contribution in [0, 0.1) is 0 Å². The Bertz CT molecular complexity index is 328. The lowest BCUT2D eigenvalue weighted by Gasteiger charge is -2.03. The Balaban J connectivity index is 2.45. The first-order valence-electron chi connectivity index (χ1n) is 4.31. The van der Waals surface area contributed by atoms with Crippen molar-refractivity contribution in [2.24, 2.45) is 0 Å². The van der Waals surface area contributed by atoms with E-state index in [1.165, 1.54) is 0 Å². The third-order valence-electron chi connectivity index (χ3n) is 1.64. The SMILES string of the molecule is COC(C)Cc1noc(SCC(=O)O)n1. The summed E-state index contributed by atoms with van der Waals surface area (Å²) in [7, 11) is 1.60. The molecule has 0 radical (unpaired) electrons. The second-order valence-corrected chi connectivity index (χ2v) is 3.84. The lowest BCUT2D eigenvalue weighted by molar-refractivity contribution is -0.133. The zero-order chi connectivity index (χ0) is 11.3. The Hall–Kier alpha value is -1.08. The highest BCUT2D eigenvalue weighted by Gasteiger charge is 2.11. The maximum Gasteiger partial charge on any atom is 0.314 e. The van der Waals surface area contributed by atoms with Gasteiger partial charge in [-0.3, -0.25) is 4.79 Å². The molecule has 1 rings (SSSR count). The van der Waals surface area contributed by atoms with Crippen LogP contribution in [0.25, 0.3) is 0 Å². The third-order valence-corrected chi connectivity index (χ3v) is 2.45. The second kappa shape index (κ2) is 5.72. The van der Waals surface area contributed by atoms with Gasteiger partial charge in [0.15, 0.2) is 5.82 Å². The summed E-state index contributed by atoms with van der Waals surface area (Å²) in [5.41, 5.74) is 0. The minimum Gasteiger partial charge on any atom is -0.481 e. The molecule has 15 heavy (non-hydrogen) atoms. The first-order valence-corrected chi connectivity index (χ1v) is 5.30. The van der Waals surface area contributed by atoms with E-state index < -0.39 is 5.97 Å². The highest BCUT2D eigenvalue weighted by Crippen LogP contribution is 2.15. The highest BCUT2D eigenvalue weighted by molar-refractivity contribution is 7.99. The van der Waals surface area contributed by atoms with E-state index in [2.05, 4.69) is 10.1 Å². The number of hydrogen-bond acceptors (Lipinski definition) is 6. The van der Waals surface area contributed by atoms with Gasteiger partial charge in [0.2, 0.25) is 0 Å². The molecule has 0 fully saturated rings. The molecule has 7 heteroatoms. The largest absolute Gasteiger partial charge is 0.481 e. The number of thioether (sulfide) groups is 1. The van der Waals surface area contributed by atoms with Crippen LogP contribution >= 0.6 is 11.8 Å². The van der Waals surface area contributed by atoms with E-state index >= 15 is 0 Å². The molecule has 1 unspecified atom stereocenters. The monoisotopic (exact) mass is 232 g/mol. The molecule has 6 nitrogen and oxygen atoms in total. The molecular formula is C8H12N2O4S. The molecule has 1 aromatic rings. The van der Waals surface area contributed by atoms with Gasteiger partial charge in [-0.2, -0.15) is 4.98 Å². The molecule has 1 N–H and O–H groups in total. The van der Waals surface area contributed by atoms with E-state index in [0.29, 0.717) is 12.2 Å². The highest BCUT2D eigenvalue weighted by atomic mass is 32.2. The fourth-order valence-corrected chi connectivity index (χ4v) is 1.35. The Morgan fingerprint density at radius 2 is 2.47 bits per heavy atom. The first-order chi connectivity index (χ1) is 7.11. The van der Waals surface area contributed by atoms with Crippen LogP contribution in [0.2, 0.25) is 0 Å². The number of carboxylic acid groups (broad SMARTS) is 1. The number of aliphatic carboxylic acids is 1. The summed E-state index contributed by atoms with van der Waals surface area (Å²) in [5.74, 6) is -0.469. The molecule has 0 aliphatic rings. The van der Waals surface area contributed by atoms with E-state index in [1.807, 2.05) is 6.92 Å². The molecule has 0 amide bonds. The summed E-state index contributed by atoms with van der Waals surface area (Å²) in [6, 6.07) is 0. The molecule has 0 aliphatic heterocycles. The molecule has 0 saturated carbocycles. The van der Waals surface area contributed by atoms with Crippen molar-refractivity contribution in [1.82, 2.24) is 10.1 Å². The average molecular weight is 232 g/mol. The molecule has 0 saturated heterocycles. The van der Waals surface area contributed by atoms with Gasteiger partial charge in [0.05, 0.1) is 6.10 Å². The smallest absolute Gasteiger partial charge is 0.314 e. The summed E-state index contributed by atoms with van der Waals surface area (Å²) < 4.78 is 9.88. The quantitative estimate of drug-likeness (QED) is 0.727. The molecule has 84 valence electrons. The maximum atomic E-state index is 10.3. The normalized spacial score (nSPS) is 12.7. The van der Waals surface area contributed by atoms with Gasteiger partial charge in [-0.15, -0.1) is 0 Å². The number of carboxylic acids is 1. The summed E-state index contributed by atoms with van der Waals surface area (Å²) in [6.07, 6.45) is 0.563. The van der Waals surface area contributed by atoms with Gasteiger partial charge in [-0.05, 0) is 6.92 Å². The van der Waals surface area contributed by atoms with Gasteiger partial charge in [-0.1, -0.05) is 16.9 Å². The fourth-order valence-electron chi connectivity index (χ4n) is 0.843. The zero-order valence-electron chi connectivity index (χ0n) is 8.47. The van der Waals surface area contributed by atoms with Gasteiger partial charge in [0, 0.05) is 13.5 Å². The van der Waals surface area contributed by atoms with Crippen LogP contribution in [0.4, 0.5) is 0 Å². The number of aromatic nitrogens is 2. The van der Waals surface area contributed by atoms with Crippen LogP contribution in [0.1, 0.15) is 12.7 Å².